The molecule has 1 aromatic rings. The number of benzene rings is 1. The number of nitro groups is 1. The largest absolute Gasteiger partial charge is 0.496 e. The van der Waals surface area contributed by atoms with Crippen LogP contribution in [0.3, 0.4) is 0 Å². The summed E-state index contributed by atoms with van der Waals surface area (Å²) in [5.41, 5.74) is 2.09. The van der Waals surface area contributed by atoms with Gasteiger partial charge in [0.2, 0.25) is 6.04 Å². The first-order chi connectivity index (χ1) is 8.12. The van der Waals surface area contributed by atoms with Gasteiger partial charge in [-0.05, 0) is 23.6 Å². The van der Waals surface area contributed by atoms with Gasteiger partial charge in [-0.3, -0.25) is 10.1 Å². The Hall–Kier alpha value is -1.58. The fraction of sp³-hybridized carbons (Fsp3) is 0.538. The van der Waals surface area contributed by atoms with Crippen molar-refractivity contribution < 1.29 is 9.66 Å². The summed E-state index contributed by atoms with van der Waals surface area (Å²) in [7, 11) is 1.63. The Morgan fingerprint density at radius 3 is 2.59 bits per heavy atom. The van der Waals surface area contributed by atoms with Crippen LogP contribution in [0.1, 0.15) is 31.4 Å². The number of ether oxygens (including phenoxy) is 1. The lowest BCUT2D eigenvalue weighted by atomic mass is 10.0. The Balaban J connectivity index is 2.88. The standard InChI is InChI=1S/C13H19NO3/c1-4-11-7-6-10(9-13(11)17-3)8-12(5-2)14(15)16/h6-7,9,12H,4-5,8H2,1-3H3. The zero-order chi connectivity index (χ0) is 12.8. The maximum absolute atomic E-state index is 10.8. The van der Waals surface area contributed by atoms with Gasteiger partial charge < -0.3 is 4.74 Å². The van der Waals surface area contributed by atoms with Crippen LogP contribution in [-0.2, 0) is 12.8 Å². The maximum atomic E-state index is 10.8. The number of hydrogen-bond donors (Lipinski definition) is 0. The Morgan fingerprint density at radius 1 is 1.41 bits per heavy atom. The molecular formula is C13H19NO3. The van der Waals surface area contributed by atoms with Crippen molar-refractivity contribution in [3.05, 3.63) is 39.4 Å². The van der Waals surface area contributed by atoms with E-state index in [2.05, 4.69) is 6.92 Å². The van der Waals surface area contributed by atoms with Crippen molar-refractivity contribution in [1.82, 2.24) is 0 Å². The predicted molar refractivity (Wildman–Crippen MR) is 67.1 cm³/mol. The predicted octanol–water partition coefficient (Wildman–Crippen LogP) is 2.86. The average molecular weight is 237 g/mol. The summed E-state index contributed by atoms with van der Waals surface area (Å²) in [6.45, 7) is 3.90. The quantitative estimate of drug-likeness (QED) is 0.564. The molecule has 17 heavy (non-hydrogen) atoms. The van der Waals surface area contributed by atoms with Gasteiger partial charge in [0.05, 0.1) is 7.11 Å². The highest BCUT2D eigenvalue weighted by Crippen LogP contribution is 2.22. The third-order valence-electron chi connectivity index (χ3n) is 2.97. The second-order valence-electron chi connectivity index (χ2n) is 4.05. The molecule has 1 aromatic carbocycles. The molecule has 0 aromatic heterocycles. The van der Waals surface area contributed by atoms with Crippen molar-refractivity contribution in [3.8, 4) is 5.75 Å². The molecule has 4 heteroatoms. The molecule has 0 aliphatic heterocycles. The van der Waals surface area contributed by atoms with E-state index >= 15 is 0 Å². The van der Waals surface area contributed by atoms with Gasteiger partial charge >= 0.3 is 0 Å². The number of nitrogens with zero attached hydrogens (tertiary/aromatic N) is 1. The van der Waals surface area contributed by atoms with Gasteiger partial charge in [0.15, 0.2) is 0 Å². The van der Waals surface area contributed by atoms with Gasteiger partial charge in [-0.15, -0.1) is 0 Å². The third-order valence-corrected chi connectivity index (χ3v) is 2.97. The fourth-order valence-electron chi connectivity index (χ4n) is 1.85. The van der Waals surface area contributed by atoms with Crippen LogP contribution >= 0.6 is 0 Å². The van der Waals surface area contributed by atoms with E-state index in [9.17, 15) is 10.1 Å². The van der Waals surface area contributed by atoms with E-state index in [0.717, 1.165) is 23.3 Å². The van der Waals surface area contributed by atoms with Crippen LogP contribution in [0.5, 0.6) is 5.75 Å². The molecule has 0 saturated carbocycles. The molecule has 0 aliphatic rings. The summed E-state index contributed by atoms with van der Waals surface area (Å²) in [6, 6.07) is 5.34. The number of methoxy groups -OCH3 is 1. The summed E-state index contributed by atoms with van der Waals surface area (Å²) in [5, 5.41) is 10.8. The fourth-order valence-corrected chi connectivity index (χ4v) is 1.85. The minimum absolute atomic E-state index is 0.208. The molecule has 0 heterocycles. The smallest absolute Gasteiger partial charge is 0.216 e. The molecule has 0 saturated heterocycles. The zero-order valence-electron chi connectivity index (χ0n) is 10.6. The minimum atomic E-state index is -0.507. The molecule has 1 atom stereocenters. The molecule has 0 radical (unpaired) electrons. The molecule has 94 valence electrons. The summed E-state index contributed by atoms with van der Waals surface area (Å²) in [4.78, 5) is 10.6. The lowest BCUT2D eigenvalue weighted by Gasteiger charge is -2.11. The highest BCUT2D eigenvalue weighted by Gasteiger charge is 2.18. The molecular weight excluding hydrogens is 218 g/mol. The maximum Gasteiger partial charge on any atom is 0.216 e. The monoisotopic (exact) mass is 237 g/mol. The lowest BCUT2D eigenvalue weighted by molar-refractivity contribution is -0.522. The van der Waals surface area contributed by atoms with E-state index in [4.69, 9.17) is 4.74 Å². The van der Waals surface area contributed by atoms with E-state index in [0.29, 0.717) is 12.8 Å². The van der Waals surface area contributed by atoms with Crippen LogP contribution < -0.4 is 4.74 Å². The van der Waals surface area contributed by atoms with Crippen LogP contribution in [-0.4, -0.2) is 18.1 Å². The van der Waals surface area contributed by atoms with Crippen LogP contribution in [0, 0.1) is 10.1 Å². The second-order valence-corrected chi connectivity index (χ2v) is 4.05. The van der Waals surface area contributed by atoms with E-state index in [-0.39, 0.29) is 4.92 Å². The Bertz CT molecular complexity index is 390. The normalized spacial score (nSPS) is 12.2. The first-order valence-corrected chi connectivity index (χ1v) is 5.91. The Morgan fingerprint density at radius 2 is 2.12 bits per heavy atom. The molecule has 0 N–H and O–H groups in total. The summed E-state index contributed by atoms with van der Waals surface area (Å²) in [5.74, 6) is 0.822. The number of hydrogen-bond acceptors (Lipinski definition) is 3. The van der Waals surface area contributed by atoms with Crippen molar-refractivity contribution in [2.75, 3.05) is 7.11 Å². The zero-order valence-corrected chi connectivity index (χ0v) is 10.6. The highest BCUT2D eigenvalue weighted by atomic mass is 16.6. The molecule has 0 spiro atoms. The molecule has 0 amide bonds. The first-order valence-electron chi connectivity index (χ1n) is 5.91. The second kappa shape index (κ2) is 6.23. The number of rotatable bonds is 6. The molecule has 0 fully saturated rings. The van der Waals surface area contributed by atoms with Crippen LogP contribution in [0.15, 0.2) is 18.2 Å². The van der Waals surface area contributed by atoms with E-state index in [1.54, 1.807) is 7.11 Å². The van der Waals surface area contributed by atoms with E-state index in [1.165, 1.54) is 0 Å². The van der Waals surface area contributed by atoms with Crippen molar-refractivity contribution in [2.45, 2.75) is 39.2 Å². The minimum Gasteiger partial charge on any atom is -0.496 e. The topological polar surface area (TPSA) is 52.4 Å². The SMILES string of the molecule is CCc1ccc(CC(CC)[N+](=O)[O-])cc1OC. The van der Waals surface area contributed by atoms with Crippen molar-refractivity contribution >= 4 is 0 Å². The molecule has 0 aliphatic carbocycles. The summed E-state index contributed by atoms with van der Waals surface area (Å²) < 4.78 is 5.28. The van der Waals surface area contributed by atoms with Gasteiger partial charge in [-0.25, -0.2) is 0 Å². The lowest BCUT2D eigenvalue weighted by Crippen LogP contribution is -2.21. The van der Waals surface area contributed by atoms with Crippen molar-refractivity contribution in [1.29, 1.82) is 0 Å². The highest BCUT2D eigenvalue weighted by molar-refractivity contribution is 5.37. The Labute approximate surface area is 102 Å². The molecule has 0 bridgehead atoms. The summed E-state index contributed by atoms with van der Waals surface area (Å²) in [6.07, 6.45) is 1.91. The van der Waals surface area contributed by atoms with Gasteiger partial charge in [-0.1, -0.05) is 26.0 Å². The molecule has 1 unspecified atom stereocenters. The Kier molecular flexibility index (Phi) is 4.94. The van der Waals surface area contributed by atoms with E-state index in [1.807, 2.05) is 25.1 Å². The number of aryl methyl sites for hydroxylation is 1. The molecule has 4 nitrogen and oxygen atoms in total. The first kappa shape index (κ1) is 13.5. The van der Waals surface area contributed by atoms with Gasteiger partial charge in [0.1, 0.15) is 5.75 Å². The van der Waals surface area contributed by atoms with Gasteiger partial charge in [-0.2, -0.15) is 0 Å². The van der Waals surface area contributed by atoms with Crippen LogP contribution in [0.4, 0.5) is 0 Å². The van der Waals surface area contributed by atoms with E-state index < -0.39 is 6.04 Å². The van der Waals surface area contributed by atoms with Crippen molar-refractivity contribution in [3.63, 3.8) is 0 Å². The van der Waals surface area contributed by atoms with Gasteiger partial charge in [0.25, 0.3) is 0 Å². The third kappa shape index (κ3) is 3.44. The summed E-state index contributed by atoms with van der Waals surface area (Å²) >= 11 is 0. The van der Waals surface area contributed by atoms with Crippen molar-refractivity contribution in [2.24, 2.45) is 0 Å². The van der Waals surface area contributed by atoms with Crippen LogP contribution in [0.2, 0.25) is 0 Å². The van der Waals surface area contributed by atoms with Gasteiger partial charge in [0, 0.05) is 17.8 Å². The van der Waals surface area contributed by atoms with Crippen LogP contribution in [0.25, 0.3) is 0 Å². The molecule has 1 rings (SSSR count). The average Bonchev–Trinajstić information content (AvgIpc) is 2.35.